The average molecular weight is 426 g/mol. The number of urea groups is 1. The van der Waals surface area contributed by atoms with E-state index in [1.165, 1.54) is 18.2 Å². The first-order valence-corrected chi connectivity index (χ1v) is 9.78. The number of imide groups is 1. The molecule has 0 bridgehead atoms. The van der Waals surface area contributed by atoms with Crippen molar-refractivity contribution in [3.05, 3.63) is 35.4 Å². The SMILES string of the molecule is CC1CC(C)(C)CC2(C1)NC(=O)N(CC(=O)OCc1ccccc1C(F)(F)F)C2=O. The second-order valence-corrected chi connectivity index (χ2v) is 9.07. The molecular formula is C21H25F3N2O4. The Balaban J connectivity index is 1.67. The number of benzene rings is 1. The summed E-state index contributed by atoms with van der Waals surface area (Å²) in [5, 5.41) is 2.74. The van der Waals surface area contributed by atoms with Gasteiger partial charge in [-0.05, 0) is 36.7 Å². The fourth-order valence-corrected chi connectivity index (χ4v) is 4.91. The monoisotopic (exact) mass is 426 g/mol. The predicted molar refractivity (Wildman–Crippen MR) is 101 cm³/mol. The van der Waals surface area contributed by atoms with E-state index in [4.69, 9.17) is 4.74 Å². The molecule has 2 unspecified atom stereocenters. The van der Waals surface area contributed by atoms with E-state index in [0.29, 0.717) is 12.8 Å². The zero-order valence-electron chi connectivity index (χ0n) is 17.1. The lowest BCUT2D eigenvalue weighted by atomic mass is 9.64. The molecule has 1 aliphatic heterocycles. The van der Waals surface area contributed by atoms with E-state index < -0.39 is 48.3 Å². The molecule has 1 aliphatic carbocycles. The molecule has 2 aliphatic rings. The molecule has 2 fully saturated rings. The number of esters is 1. The number of ether oxygens (including phenoxy) is 1. The van der Waals surface area contributed by atoms with E-state index in [-0.39, 0.29) is 16.9 Å². The van der Waals surface area contributed by atoms with Crippen molar-refractivity contribution in [1.29, 1.82) is 0 Å². The Bertz CT molecular complexity index is 868. The average Bonchev–Trinajstić information content (AvgIpc) is 2.81. The first-order valence-electron chi connectivity index (χ1n) is 9.78. The second-order valence-electron chi connectivity index (χ2n) is 9.07. The van der Waals surface area contributed by atoms with Crippen molar-refractivity contribution in [3.63, 3.8) is 0 Å². The minimum atomic E-state index is -4.58. The number of rotatable bonds is 4. The standard InChI is InChI=1S/C21H25F3N2O4/c1-13-8-19(2,3)12-20(9-13)17(28)26(18(29)25-20)10-16(27)30-11-14-6-4-5-7-15(14)21(22,23)24/h4-7,13H,8-12H2,1-3H3,(H,25,29). The summed E-state index contributed by atoms with van der Waals surface area (Å²) < 4.78 is 44.1. The summed E-state index contributed by atoms with van der Waals surface area (Å²) >= 11 is 0. The molecule has 2 atom stereocenters. The maximum Gasteiger partial charge on any atom is 0.416 e. The summed E-state index contributed by atoms with van der Waals surface area (Å²) in [5.41, 5.74) is -2.31. The van der Waals surface area contributed by atoms with Crippen LogP contribution in [-0.4, -0.2) is 34.9 Å². The minimum absolute atomic E-state index is 0.154. The summed E-state index contributed by atoms with van der Waals surface area (Å²) in [6.45, 7) is 4.82. The lowest BCUT2D eigenvalue weighted by Gasteiger charge is -2.43. The molecular weight excluding hydrogens is 401 g/mol. The third kappa shape index (κ3) is 4.44. The predicted octanol–water partition coefficient (Wildman–Crippen LogP) is 3.89. The Hall–Kier alpha value is -2.58. The lowest BCUT2D eigenvalue weighted by Crippen LogP contribution is -2.54. The highest BCUT2D eigenvalue weighted by Gasteiger charge is 2.56. The van der Waals surface area contributed by atoms with Crippen molar-refractivity contribution in [1.82, 2.24) is 10.2 Å². The van der Waals surface area contributed by atoms with Crippen LogP contribution in [0.4, 0.5) is 18.0 Å². The highest BCUT2D eigenvalue weighted by molar-refractivity contribution is 6.08. The van der Waals surface area contributed by atoms with Crippen LogP contribution in [0.1, 0.15) is 51.2 Å². The third-order valence-corrected chi connectivity index (χ3v) is 5.62. The van der Waals surface area contributed by atoms with Gasteiger partial charge in [0.2, 0.25) is 0 Å². The Kier molecular flexibility index (Phi) is 5.60. The molecule has 1 saturated carbocycles. The number of alkyl halides is 3. The quantitative estimate of drug-likeness (QED) is 0.586. The van der Waals surface area contributed by atoms with Gasteiger partial charge in [-0.1, -0.05) is 39.0 Å². The number of nitrogens with one attached hydrogen (secondary N) is 1. The van der Waals surface area contributed by atoms with Crippen molar-refractivity contribution in [2.75, 3.05) is 6.54 Å². The van der Waals surface area contributed by atoms with Gasteiger partial charge in [0.15, 0.2) is 0 Å². The van der Waals surface area contributed by atoms with Crippen molar-refractivity contribution < 1.29 is 32.3 Å². The molecule has 3 amide bonds. The van der Waals surface area contributed by atoms with E-state index >= 15 is 0 Å². The lowest BCUT2D eigenvalue weighted by molar-refractivity contribution is -0.151. The minimum Gasteiger partial charge on any atom is -0.459 e. The van der Waals surface area contributed by atoms with Crippen LogP contribution >= 0.6 is 0 Å². The molecule has 1 spiro atoms. The van der Waals surface area contributed by atoms with Gasteiger partial charge in [-0.25, -0.2) is 4.79 Å². The number of carbonyl (C=O) groups is 3. The molecule has 1 aromatic rings. The first kappa shape index (κ1) is 22.1. The fraction of sp³-hybridized carbons (Fsp3) is 0.571. The molecule has 9 heteroatoms. The number of hydrogen-bond acceptors (Lipinski definition) is 4. The van der Waals surface area contributed by atoms with Crippen molar-refractivity contribution in [2.24, 2.45) is 11.3 Å². The summed E-state index contributed by atoms with van der Waals surface area (Å²) in [4.78, 5) is 38.4. The van der Waals surface area contributed by atoms with E-state index in [1.807, 2.05) is 20.8 Å². The third-order valence-electron chi connectivity index (χ3n) is 5.62. The van der Waals surface area contributed by atoms with Gasteiger partial charge in [0.1, 0.15) is 18.7 Å². The van der Waals surface area contributed by atoms with Gasteiger partial charge >= 0.3 is 18.2 Å². The molecule has 3 rings (SSSR count). The Morgan fingerprint density at radius 3 is 2.53 bits per heavy atom. The Morgan fingerprint density at radius 1 is 1.23 bits per heavy atom. The molecule has 30 heavy (non-hydrogen) atoms. The van der Waals surface area contributed by atoms with Gasteiger partial charge in [-0.2, -0.15) is 13.2 Å². The van der Waals surface area contributed by atoms with Crippen LogP contribution in [0.2, 0.25) is 0 Å². The zero-order valence-corrected chi connectivity index (χ0v) is 17.1. The maximum atomic E-state index is 13.1. The molecule has 0 aromatic heterocycles. The van der Waals surface area contributed by atoms with Gasteiger partial charge in [-0.3, -0.25) is 14.5 Å². The smallest absolute Gasteiger partial charge is 0.416 e. The Labute approximate surface area is 172 Å². The van der Waals surface area contributed by atoms with Crippen LogP contribution in [0.25, 0.3) is 0 Å². The highest BCUT2D eigenvalue weighted by atomic mass is 19.4. The van der Waals surface area contributed by atoms with E-state index in [9.17, 15) is 27.6 Å². The van der Waals surface area contributed by atoms with Gasteiger partial charge in [0, 0.05) is 5.56 Å². The van der Waals surface area contributed by atoms with Crippen molar-refractivity contribution >= 4 is 17.9 Å². The summed E-state index contributed by atoms with van der Waals surface area (Å²) in [6, 6.07) is 4.08. The van der Waals surface area contributed by atoms with Crippen LogP contribution < -0.4 is 5.32 Å². The zero-order chi connectivity index (χ0) is 22.3. The van der Waals surface area contributed by atoms with Crippen LogP contribution in [-0.2, 0) is 27.1 Å². The summed E-state index contributed by atoms with van der Waals surface area (Å²) in [6.07, 6.45) is -2.73. The van der Waals surface area contributed by atoms with Gasteiger partial charge < -0.3 is 10.1 Å². The van der Waals surface area contributed by atoms with Crippen LogP contribution in [0, 0.1) is 11.3 Å². The van der Waals surface area contributed by atoms with Crippen LogP contribution in [0.3, 0.4) is 0 Å². The molecule has 164 valence electrons. The molecule has 1 heterocycles. The largest absolute Gasteiger partial charge is 0.459 e. The topological polar surface area (TPSA) is 75.7 Å². The van der Waals surface area contributed by atoms with Gasteiger partial charge in [0.25, 0.3) is 5.91 Å². The van der Waals surface area contributed by atoms with Crippen LogP contribution in [0.5, 0.6) is 0 Å². The van der Waals surface area contributed by atoms with E-state index in [0.717, 1.165) is 17.4 Å². The molecule has 6 nitrogen and oxygen atoms in total. The molecule has 1 saturated heterocycles. The van der Waals surface area contributed by atoms with E-state index in [1.54, 1.807) is 0 Å². The number of carbonyl (C=O) groups excluding carboxylic acids is 3. The maximum absolute atomic E-state index is 13.1. The normalized spacial score (nSPS) is 26.1. The highest BCUT2D eigenvalue weighted by Crippen LogP contribution is 2.46. The number of halogens is 3. The number of nitrogens with zero attached hydrogens (tertiary/aromatic N) is 1. The Morgan fingerprint density at radius 2 is 1.90 bits per heavy atom. The molecule has 1 aromatic carbocycles. The van der Waals surface area contributed by atoms with Gasteiger partial charge in [-0.15, -0.1) is 0 Å². The van der Waals surface area contributed by atoms with E-state index in [2.05, 4.69) is 5.32 Å². The van der Waals surface area contributed by atoms with Crippen molar-refractivity contribution in [2.45, 2.75) is 58.4 Å². The van der Waals surface area contributed by atoms with Crippen LogP contribution in [0.15, 0.2) is 24.3 Å². The first-order chi connectivity index (χ1) is 13.8. The van der Waals surface area contributed by atoms with Gasteiger partial charge in [0.05, 0.1) is 5.56 Å². The molecule has 0 radical (unpaired) electrons. The second kappa shape index (κ2) is 7.59. The molecule has 1 N–H and O–H groups in total. The number of hydrogen-bond donors (Lipinski definition) is 1. The van der Waals surface area contributed by atoms with Crippen molar-refractivity contribution in [3.8, 4) is 0 Å². The number of amides is 3. The summed E-state index contributed by atoms with van der Waals surface area (Å²) in [5.74, 6) is -1.22. The fourth-order valence-electron chi connectivity index (χ4n) is 4.91. The summed E-state index contributed by atoms with van der Waals surface area (Å²) in [7, 11) is 0.